The fourth-order valence-electron chi connectivity index (χ4n) is 3.18. The maximum absolute atomic E-state index is 5.87. The van der Waals surface area contributed by atoms with E-state index in [-0.39, 0.29) is 5.95 Å². The Morgan fingerprint density at radius 2 is 2.00 bits per heavy atom. The molecule has 0 spiro atoms. The van der Waals surface area contributed by atoms with Crippen molar-refractivity contribution in [3.8, 4) is 0 Å². The Hall–Kier alpha value is -2.75. The summed E-state index contributed by atoms with van der Waals surface area (Å²) in [6, 6.07) is 8.33. The number of aromatic nitrogens is 7. The lowest BCUT2D eigenvalue weighted by Crippen LogP contribution is -2.09. The monoisotopic (exact) mass is 383 g/mol. The molecule has 1 saturated carbocycles. The van der Waals surface area contributed by atoms with E-state index in [2.05, 4.69) is 35.8 Å². The molecular formula is C17H21N9S. The first-order chi connectivity index (χ1) is 13.2. The topological polar surface area (TPSA) is 120 Å². The van der Waals surface area contributed by atoms with Gasteiger partial charge < -0.3 is 11.1 Å². The van der Waals surface area contributed by atoms with Gasteiger partial charge in [0.05, 0.1) is 11.8 Å². The lowest BCUT2D eigenvalue weighted by molar-refractivity contribution is 0.423. The van der Waals surface area contributed by atoms with Crippen molar-refractivity contribution in [2.75, 3.05) is 11.1 Å². The second kappa shape index (κ2) is 7.87. The molecular weight excluding hydrogens is 362 g/mol. The first kappa shape index (κ1) is 17.7. The van der Waals surface area contributed by atoms with Crippen molar-refractivity contribution in [3.05, 3.63) is 35.7 Å². The van der Waals surface area contributed by atoms with Crippen molar-refractivity contribution in [3.63, 3.8) is 0 Å². The van der Waals surface area contributed by atoms with E-state index < -0.39 is 0 Å². The minimum absolute atomic E-state index is 0.187. The van der Waals surface area contributed by atoms with E-state index >= 15 is 0 Å². The highest BCUT2D eigenvalue weighted by Gasteiger charge is 2.22. The van der Waals surface area contributed by atoms with E-state index in [1.807, 2.05) is 35.9 Å². The minimum atomic E-state index is 0.187. The average Bonchev–Trinajstić information content (AvgIpc) is 3.32. The maximum Gasteiger partial charge on any atom is 0.232 e. The summed E-state index contributed by atoms with van der Waals surface area (Å²) in [5, 5.41) is 16.1. The summed E-state index contributed by atoms with van der Waals surface area (Å²) >= 11 is 1.51. The maximum atomic E-state index is 5.87. The number of anilines is 3. The van der Waals surface area contributed by atoms with Crippen molar-refractivity contribution in [1.29, 1.82) is 0 Å². The van der Waals surface area contributed by atoms with E-state index in [4.69, 9.17) is 5.73 Å². The molecule has 1 aliphatic rings. The third-order valence-corrected chi connectivity index (χ3v) is 5.48. The molecule has 140 valence electrons. The molecule has 27 heavy (non-hydrogen) atoms. The first-order valence-corrected chi connectivity index (χ1v) is 9.91. The summed E-state index contributed by atoms with van der Waals surface area (Å²) in [4.78, 5) is 12.9. The Bertz CT molecular complexity index is 920. The zero-order valence-electron chi connectivity index (χ0n) is 15.0. The molecule has 3 N–H and O–H groups in total. The normalized spacial score (nSPS) is 14.6. The van der Waals surface area contributed by atoms with Crippen LogP contribution < -0.4 is 11.1 Å². The lowest BCUT2D eigenvalue weighted by atomic mass is 10.2. The summed E-state index contributed by atoms with van der Waals surface area (Å²) in [5.74, 6) is 1.72. The SMILES string of the molecule is Cc1ccccc1Nc1nc(N)nc(CSc2nnnn2C2CCCC2)n1. The number of hydrogen-bond donors (Lipinski definition) is 2. The summed E-state index contributed by atoms with van der Waals surface area (Å²) in [7, 11) is 0. The number of nitrogens with one attached hydrogen (secondary N) is 1. The van der Waals surface area contributed by atoms with Crippen molar-refractivity contribution in [2.45, 2.75) is 49.6 Å². The minimum Gasteiger partial charge on any atom is -0.368 e. The second-order valence-electron chi connectivity index (χ2n) is 6.51. The molecule has 1 aromatic carbocycles. The van der Waals surface area contributed by atoms with E-state index in [1.54, 1.807) is 0 Å². The number of nitrogens with zero attached hydrogens (tertiary/aromatic N) is 7. The van der Waals surface area contributed by atoms with Crippen molar-refractivity contribution in [1.82, 2.24) is 35.2 Å². The standard InChI is InChI=1S/C17H21N9S/c1-11-6-2-5-9-13(11)19-16-21-14(20-15(18)22-16)10-27-17-23-24-25-26(17)12-7-3-4-8-12/h2,5-6,9,12H,3-4,7-8,10H2,1H3,(H3,18,19,20,21,22). The number of benzene rings is 1. The van der Waals surface area contributed by atoms with E-state index in [1.165, 1.54) is 24.6 Å². The van der Waals surface area contributed by atoms with Crippen molar-refractivity contribution < 1.29 is 0 Å². The second-order valence-corrected chi connectivity index (χ2v) is 7.45. The number of aryl methyl sites for hydroxylation is 1. The van der Waals surface area contributed by atoms with Crippen LogP contribution in [0.3, 0.4) is 0 Å². The van der Waals surface area contributed by atoms with Crippen molar-refractivity contribution >= 4 is 29.3 Å². The highest BCUT2D eigenvalue weighted by atomic mass is 32.2. The van der Waals surface area contributed by atoms with Crippen LogP contribution in [0.2, 0.25) is 0 Å². The molecule has 2 heterocycles. The number of thioether (sulfide) groups is 1. The zero-order valence-corrected chi connectivity index (χ0v) is 15.9. The third kappa shape index (κ3) is 4.16. The first-order valence-electron chi connectivity index (χ1n) is 8.93. The smallest absolute Gasteiger partial charge is 0.232 e. The molecule has 0 saturated heterocycles. The van der Waals surface area contributed by atoms with Gasteiger partial charge in [0.2, 0.25) is 17.1 Å². The number of para-hydroxylation sites is 1. The molecule has 1 aliphatic carbocycles. The van der Waals surface area contributed by atoms with Gasteiger partial charge in [0, 0.05) is 5.69 Å². The fourth-order valence-corrected chi connectivity index (χ4v) is 3.98. The Balaban J connectivity index is 1.48. The van der Waals surface area contributed by atoms with Crippen molar-refractivity contribution in [2.24, 2.45) is 0 Å². The van der Waals surface area contributed by atoms with Crippen LogP contribution in [0.15, 0.2) is 29.4 Å². The molecule has 4 rings (SSSR count). The van der Waals surface area contributed by atoms with Crippen LogP contribution in [0.5, 0.6) is 0 Å². The highest BCUT2D eigenvalue weighted by Crippen LogP contribution is 2.32. The van der Waals surface area contributed by atoms with Gasteiger partial charge in [-0.15, -0.1) is 5.10 Å². The molecule has 0 aliphatic heterocycles. The summed E-state index contributed by atoms with van der Waals surface area (Å²) < 4.78 is 1.93. The number of nitrogens with two attached hydrogens (primary N) is 1. The molecule has 0 bridgehead atoms. The highest BCUT2D eigenvalue weighted by molar-refractivity contribution is 7.98. The van der Waals surface area contributed by atoms with Gasteiger partial charge in [0.25, 0.3) is 0 Å². The van der Waals surface area contributed by atoms with Crippen LogP contribution in [0.4, 0.5) is 17.6 Å². The number of hydrogen-bond acceptors (Lipinski definition) is 9. The van der Waals surface area contributed by atoms with Crippen LogP contribution in [-0.4, -0.2) is 35.2 Å². The average molecular weight is 383 g/mol. The predicted molar refractivity (Wildman–Crippen MR) is 104 cm³/mol. The van der Waals surface area contributed by atoms with E-state index in [0.29, 0.717) is 23.6 Å². The fraction of sp³-hybridized carbons (Fsp3) is 0.412. The van der Waals surface area contributed by atoms with Gasteiger partial charge in [-0.2, -0.15) is 15.0 Å². The van der Waals surface area contributed by atoms with Crippen LogP contribution in [0.1, 0.15) is 43.1 Å². The Labute approximate surface area is 161 Å². The van der Waals surface area contributed by atoms with Gasteiger partial charge in [-0.25, -0.2) is 4.68 Å². The van der Waals surface area contributed by atoms with Gasteiger partial charge in [-0.1, -0.05) is 42.8 Å². The van der Waals surface area contributed by atoms with E-state index in [9.17, 15) is 0 Å². The summed E-state index contributed by atoms with van der Waals surface area (Å²) in [6.07, 6.45) is 4.71. The molecule has 0 atom stereocenters. The number of tetrazole rings is 1. The molecule has 2 aromatic heterocycles. The third-order valence-electron chi connectivity index (χ3n) is 4.55. The predicted octanol–water partition coefficient (Wildman–Crippen LogP) is 2.90. The molecule has 3 aromatic rings. The molecule has 10 heteroatoms. The van der Waals surface area contributed by atoms with Gasteiger partial charge >= 0.3 is 0 Å². The zero-order chi connectivity index (χ0) is 18.6. The Kier molecular flexibility index (Phi) is 5.14. The molecule has 9 nitrogen and oxygen atoms in total. The molecule has 0 unspecified atom stereocenters. The Morgan fingerprint density at radius 1 is 1.19 bits per heavy atom. The van der Waals surface area contributed by atoms with Crippen LogP contribution >= 0.6 is 11.8 Å². The summed E-state index contributed by atoms with van der Waals surface area (Å²) in [6.45, 7) is 2.02. The van der Waals surface area contributed by atoms with Crippen LogP contribution in [0, 0.1) is 6.92 Å². The molecule has 0 amide bonds. The summed E-state index contributed by atoms with van der Waals surface area (Å²) in [5.41, 5.74) is 7.91. The van der Waals surface area contributed by atoms with Gasteiger partial charge in [-0.3, -0.25) is 0 Å². The molecule has 1 fully saturated rings. The van der Waals surface area contributed by atoms with Gasteiger partial charge in [0.1, 0.15) is 5.82 Å². The molecule has 0 radical (unpaired) electrons. The Morgan fingerprint density at radius 3 is 2.81 bits per heavy atom. The van der Waals surface area contributed by atoms with E-state index in [0.717, 1.165) is 29.2 Å². The van der Waals surface area contributed by atoms with Gasteiger partial charge in [0.15, 0.2) is 0 Å². The van der Waals surface area contributed by atoms with Crippen LogP contribution in [0.25, 0.3) is 0 Å². The van der Waals surface area contributed by atoms with Crippen LogP contribution in [-0.2, 0) is 5.75 Å². The largest absolute Gasteiger partial charge is 0.368 e. The lowest BCUT2D eigenvalue weighted by Gasteiger charge is -2.11. The number of rotatable bonds is 6. The van der Waals surface area contributed by atoms with Gasteiger partial charge in [-0.05, 0) is 41.8 Å². The quantitative estimate of drug-likeness (QED) is 0.619. The number of nitrogen functional groups attached to an aromatic ring is 1.